The van der Waals surface area contributed by atoms with Crippen molar-refractivity contribution in [2.45, 2.75) is 63.7 Å². The maximum atomic E-state index is 14.0. The molecule has 4 atom stereocenters. The van der Waals surface area contributed by atoms with E-state index in [9.17, 15) is 19.2 Å². The molecule has 0 bridgehead atoms. The van der Waals surface area contributed by atoms with Gasteiger partial charge < -0.3 is 34.8 Å². The maximum Gasteiger partial charge on any atom is 0.250 e. The second kappa shape index (κ2) is 15.7. The van der Waals surface area contributed by atoms with Gasteiger partial charge in [0.05, 0.1) is 40.4 Å². The standard InChI is InChI=1S/C45H43N9O5/c1-26(55)47-38(28-12-5-3-6-13-28)44(57)53-22-10-18-35(53)41-49-32-21-20-30(24-34(32)51-41)37-25-46-43(59-37)31-16-9-17-33-40(31)52-42(50-33)36-19-11-23-54(36)45(58)39(48-27(2)56)29-14-7-4-8-15-29/h3-9,12-17,20-21,24-25,35-36,38-39H,10-11,18-19,22-23H2,1-2H3,(H,47,55)(H,48,56)(H,49,51)(H,50,52)/t35-,36-,38-,39+/m0/s1. The molecule has 0 unspecified atom stereocenters. The van der Waals surface area contributed by atoms with Gasteiger partial charge in [-0.3, -0.25) is 19.2 Å². The first kappa shape index (κ1) is 37.5. The van der Waals surface area contributed by atoms with Crippen LogP contribution in [0, 0.1) is 0 Å². The molecule has 14 heteroatoms. The van der Waals surface area contributed by atoms with Crippen molar-refractivity contribution < 1.29 is 23.6 Å². The second-order valence-electron chi connectivity index (χ2n) is 15.2. The fourth-order valence-electron chi connectivity index (χ4n) is 8.48. The molecule has 7 aromatic rings. The van der Waals surface area contributed by atoms with Gasteiger partial charge in [0.15, 0.2) is 5.76 Å². The highest BCUT2D eigenvalue weighted by molar-refractivity contribution is 5.92. The molecule has 2 aliphatic heterocycles. The van der Waals surface area contributed by atoms with Gasteiger partial charge in [0, 0.05) is 32.5 Å². The number of para-hydroxylation sites is 1. The summed E-state index contributed by atoms with van der Waals surface area (Å²) >= 11 is 0. The zero-order valence-electron chi connectivity index (χ0n) is 32.6. The molecule has 298 valence electrons. The monoisotopic (exact) mass is 789 g/mol. The number of H-pyrrole nitrogens is 2. The minimum atomic E-state index is -0.803. The summed E-state index contributed by atoms with van der Waals surface area (Å²) in [5.74, 6) is 1.39. The molecular formula is C45H43N9O5. The third-order valence-electron chi connectivity index (χ3n) is 11.2. The summed E-state index contributed by atoms with van der Waals surface area (Å²) in [5, 5.41) is 5.69. The molecule has 3 aromatic heterocycles. The number of hydrogen-bond acceptors (Lipinski definition) is 8. The van der Waals surface area contributed by atoms with E-state index in [2.05, 4.69) is 25.6 Å². The first-order valence-electron chi connectivity index (χ1n) is 19.9. The van der Waals surface area contributed by atoms with E-state index in [-0.39, 0.29) is 35.7 Å². The molecule has 0 saturated carbocycles. The SMILES string of the molecule is CC(=O)N[C@H](C(=O)N1CCC[C@H]1c1nc2cc(-c3cnc(-c4cccc5[nH]c([C@@H]6CCCN6C(=O)[C@H](NC(C)=O)c6ccccc6)nc45)o3)ccc2[nH]1)c1ccccc1. The van der Waals surface area contributed by atoms with Gasteiger partial charge in [-0.05, 0) is 67.1 Å². The lowest BCUT2D eigenvalue weighted by Crippen LogP contribution is -2.42. The van der Waals surface area contributed by atoms with Gasteiger partial charge >= 0.3 is 0 Å². The van der Waals surface area contributed by atoms with Crippen molar-refractivity contribution in [2.75, 3.05) is 13.1 Å². The Morgan fingerprint density at radius 2 is 1.27 bits per heavy atom. The van der Waals surface area contributed by atoms with Crippen molar-refractivity contribution in [3.8, 4) is 22.8 Å². The largest absolute Gasteiger partial charge is 0.436 e. The summed E-state index contributed by atoms with van der Waals surface area (Å²) < 4.78 is 6.38. The summed E-state index contributed by atoms with van der Waals surface area (Å²) in [6.07, 6.45) is 4.77. The smallest absolute Gasteiger partial charge is 0.250 e. The van der Waals surface area contributed by atoms with Crippen LogP contribution < -0.4 is 10.6 Å². The number of benzene rings is 4. The molecule has 0 radical (unpaired) electrons. The topological polar surface area (TPSA) is 182 Å². The molecule has 9 rings (SSSR count). The quantitative estimate of drug-likeness (QED) is 0.116. The maximum absolute atomic E-state index is 14.0. The summed E-state index contributed by atoms with van der Waals surface area (Å²) in [4.78, 5) is 77.4. The molecule has 2 aliphatic rings. The number of carbonyl (C=O) groups excluding carboxylic acids is 4. The van der Waals surface area contributed by atoms with Crippen LogP contribution in [0.3, 0.4) is 0 Å². The van der Waals surface area contributed by atoms with Crippen LogP contribution in [-0.4, -0.2) is 71.4 Å². The average Bonchev–Trinajstić information content (AvgIpc) is 4.10. The summed E-state index contributed by atoms with van der Waals surface area (Å²) in [6.45, 7) is 3.94. The number of imidazole rings is 2. The van der Waals surface area contributed by atoms with Gasteiger partial charge in [0.1, 0.15) is 29.2 Å². The molecule has 4 N–H and O–H groups in total. The van der Waals surface area contributed by atoms with Gasteiger partial charge in [-0.1, -0.05) is 66.7 Å². The van der Waals surface area contributed by atoms with Crippen molar-refractivity contribution in [3.05, 3.63) is 126 Å². The lowest BCUT2D eigenvalue weighted by Gasteiger charge is -2.28. The molecule has 4 amide bonds. The second-order valence-corrected chi connectivity index (χ2v) is 15.2. The first-order valence-corrected chi connectivity index (χ1v) is 19.9. The van der Waals surface area contributed by atoms with Crippen molar-refractivity contribution in [1.82, 2.24) is 45.4 Å². The van der Waals surface area contributed by atoms with E-state index in [0.29, 0.717) is 47.5 Å². The number of hydrogen-bond donors (Lipinski definition) is 4. The highest BCUT2D eigenvalue weighted by atomic mass is 16.4. The van der Waals surface area contributed by atoms with Crippen LogP contribution in [0.5, 0.6) is 0 Å². The van der Waals surface area contributed by atoms with Crippen LogP contribution in [0.2, 0.25) is 0 Å². The molecule has 2 fully saturated rings. The van der Waals surface area contributed by atoms with Gasteiger partial charge in [-0.25, -0.2) is 15.0 Å². The van der Waals surface area contributed by atoms with Crippen LogP contribution in [0.15, 0.2) is 108 Å². The Labute approximate surface area is 339 Å². The molecule has 2 saturated heterocycles. The first-order chi connectivity index (χ1) is 28.7. The van der Waals surface area contributed by atoms with Gasteiger partial charge in [0.25, 0.3) is 0 Å². The number of aromatic amines is 2. The van der Waals surface area contributed by atoms with Crippen molar-refractivity contribution in [1.29, 1.82) is 0 Å². The van der Waals surface area contributed by atoms with Gasteiger partial charge in [-0.2, -0.15) is 0 Å². The molecular weight excluding hydrogens is 747 g/mol. The number of carbonyl (C=O) groups is 4. The number of likely N-dealkylation sites (tertiary alicyclic amines) is 2. The summed E-state index contributed by atoms with van der Waals surface area (Å²) in [6, 6.07) is 28.0. The van der Waals surface area contributed by atoms with E-state index in [1.165, 1.54) is 13.8 Å². The van der Waals surface area contributed by atoms with Crippen LogP contribution in [0.1, 0.15) is 86.5 Å². The Balaban J connectivity index is 0.957. The van der Waals surface area contributed by atoms with Crippen molar-refractivity contribution in [3.63, 3.8) is 0 Å². The minimum Gasteiger partial charge on any atom is -0.436 e. The number of fused-ring (bicyclic) bond motifs is 2. The lowest BCUT2D eigenvalue weighted by atomic mass is 10.0. The average molecular weight is 790 g/mol. The lowest BCUT2D eigenvalue weighted by molar-refractivity contribution is -0.137. The molecule has 59 heavy (non-hydrogen) atoms. The molecule has 5 heterocycles. The van der Waals surface area contributed by atoms with E-state index in [1.54, 1.807) is 11.1 Å². The number of amides is 4. The highest BCUT2D eigenvalue weighted by Gasteiger charge is 2.38. The Morgan fingerprint density at radius 1 is 0.695 bits per heavy atom. The van der Waals surface area contributed by atoms with E-state index < -0.39 is 12.1 Å². The number of aromatic nitrogens is 5. The third kappa shape index (κ3) is 7.33. The highest BCUT2D eigenvalue weighted by Crippen LogP contribution is 2.38. The fraction of sp³-hybridized carbons (Fsp3) is 0.267. The van der Waals surface area contributed by atoms with Crippen LogP contribution >= 0.6 is 0 Å². The van der Waals surface area contributed by atoms with E-state index in [1.807, 2.05) is 102 Å². The minimum absolute atomic E-state index is 0.170. The van der Waals surface area contributed by atoms with Crippen LogP contribution in [0.4, 0.5) is 0 Å². The molecule has 0 spiro atoms. The summed E-state index contributed by atoms with van der Waals surface area (Å²) in [5.41, 5.74) is 5.94. The normalized spacial score (nSPS) is 17.7. The van der Waals surface area contributed by atoms with Gasteiger partial charge in [0.2, 0.25) is 29.5 Å². The van der Waals surface area contributed by atoms with Crippen molar-refractivity contribution >= 4 is 45.7 Å². The molecule has 14 nitrogen and oxygen atoms in total. The zero-order chi connectivity index (χ0) is 40.6. The van der Waals surface area contributed by atoms with Crippen LogP contribution in [-0.2, 0) is 19.2 Å². The fourth-order valence-corrected chi connectivity index (χ4v) is 8.48. The predicted molar refractivity (Wildman–Crippen MR) is 220 cm³/mol. The molecule has 4 aromatic carbocycles. The Morgan fingerprint density at radius 3 is 1.86 bits per heavy atom. The summed E-state index contributed by atoms with van der Waals surface area (Å²) in [7, 11) is 0. The Bertz CT molecular complexity index is 2690. The number of nitrogens with one attached hydrogen (secondary N) is 4. The number of oxazole rings is 1. The number of rotatable bonds is 10. The number of nitrogens with zero attached hydrogens (tertiary/aromatic N) is 5. The third-order valence-corrected chi connectivity index (χ3v) is 11.2. The predicted octanol–water partition coefficient (Wildman–Crippen LogP) is 6.84. The Hall–Kier alpha value is -7.09. The van der Waals surface area contributed by atoms with E-state index in [0.717, 1.165) is 58.9 Å². The van der Waals surface area contributed by atoms with Crippen molar-refractivity contribution in [2.24, 2.45) is 0 Å². The van der Waals surface area contributed by atoms with Gasteiger partial charge in [-0.15, -0.1) is 0 Å². The van der Waals surface area contributed by atoms with E-state index >= 15 is 0 Å². The van der Waals surface area contributed by atoms with E-state index in [4.69, 9.17) is 14.4 Å². The Kier molecular flexibility index (Phi) is 9.97. The zero-order valence-corrected chi connectivity index (χ0v) is 32.6. The molecule has 0 aliphatic carbocycles. The van der Waals surface area contributed by atoms with Crippen LogP contribution in [0.25, 0.3) is 44.8 Å².